The number of anilines is 2. The minimum Gasteiger partial charge on any atom is -0.494 e. The van der Waals surface area contributed by atoms with Crippen LogP contribution in [-0.4, -0.2) is 11.6 Å². The normalized spacial score (nSPS) is 10.3. The molecule has 0 bridgehead atoms. The monoisotopic (exact) mass is 307 g/mol. The number of nitrogens with one attached hydrogen (secondary N) is 1. The highest BCUT2D eigenvalue weighted by molar-refractivity contribution is 5.95. The van der Waals surface area contributed by atoms with Crippen molar-refractivity contribution in [3.63, 3.8) is 0 Å². The summed E-state index contributed by atoms with van der Waals surface area (Å²) in [7, 11) is 0. The molecule has 3 aromatic rings. The molecule has 0 atom stereocenters. The van der Waals surface area contributed by atoms with Gasteiger partial charge in [-0.15, -0.1) is 0 Å². The summed E-state index contributed by atoms with van der Waals surface area (Å²) in [6.07, 6.45) is 1.48. The van der Waals surface area contributed by atoms with Crippen molar-refractivity contribution < 1.29 is 9.13 Å². The van der Waals surface area contributed by atoms with Crippen molar-refractivity contribution in [3.8, 4) is 11.8 Å². The van der Waals surface area contributed by atoms with Crippen molar-refractivity contribution in [3.05, 3.63) is 60.0 Å². The number of nitrogens with zero attached hydrogens (tertiary/aromatic N) is 2. The summed E-state index contributed by atoms with van der Waals surface area (Å²) < 4.78 is 19.0. The Balaban J connectivity index is 2.04. The second-order valence-electron chi connectivity index (χ2n) is 4.90. The quantitative estimate of drug-likeness (QED) is 0.776. The highest BCUT2D eigenvalue weighted by Gasteiger charge is 2.10. The smallest absolute Gasteiger partial charge is 0.124 e. The predicted molar refractivity (Wildman–Crippen MR) is 87.3 cm³/mol. The number of aromatic nitrogens is 1. The summed E-state index contributed by atoms with van der Waals surface area (Å²) in [5.74, 6) is 0.397. The summed E-state index contributed by atoms with van der Waals surface area (Å²) in [4.78, 5) is 4.18. The lowest BCUT2D eigenvalue weighted by molar-refractivity contribution is 0.340. The molecule has 3 rings (SSSR count). The molecule has 2 aromatic carbocycles. The number of fused-ring (bicyclic) bond motifs is 1. The van der Waals surface area contributed by atoms with Crippen LogP contribution in [0.2, 0.25) is 0 Å². The van der Waals surface area contributed by atoms with E-state index >= 15 is 0 Å². The number of nitriles is 1. The summed E-state index contributed by atoms with van der Waals surface area (Å²) in [5, 5.41) is 13.0. The zero-order valence-corrected chi connectivity index (χ0v) is 12.5. The predicted octanol–water partition coefficient (Wildman–Crippen LogP) is 4.39. The van der Waals surface area contributed by atoms with Gasteiger partial charge in [0.05, 0.1) is 23.4 Å². The molecule has 0 radical (unpaired) electrons. The second-order valence-corrected chi connectivity index (χ2v) is 4.90. The summed E-state index contributed by atoms with van der Waals surface area (Å²) in [5.41, 5.74) is 2.30. The van der Waals surface area contributed by atoms with Gasteiger partial charge in [-0.2, -0.15) is 5.26 Å². The van der Waals surface area contributed by atoms with Crippen LogP contribution in [-0.2, 0) is 0 Å². The Hall–Kier alpha value is -3.13. The highest BCUT2D eigenvalue weighted by Crippen LogP contribution is 2.30. The van der Waals surface area contributed by atoms with Gasteiger partial charge in [0, 0.05) is 17.3 Å². The minimum atomic E-state index is -0.371. The fraction of sp³-hybridized carbons (Fsp3) is 0.111. The summed E-state index contributed by atoms with van der Waals surface area (Å²) >= 11 is 0. The third-order valence-corrected chi connectivity index (χ3v) is 3.39. The van der Waals surface area contributed by atoms with Crippen LogP contribution in [0.15, 0.2) is 48.7 Å². The van der Waals surface area contributed by atoms with Crippen LogP contribution in [0.4, 0.5) is 15.8 Å². The van der Waals surface area contributed by atoms with Gasteiger partial charge in [-0.3, -0.25) is 4.98 Å². The van der Waals surface area contributed by atoms with Gasteiger partial charge >= 0.3 is 0 Å². The van der Waals surface area contributed by atoms with Crippen LogP contribution < -0.4 is 10.1 Å². The Morgan fingerprint density at radius 1 is 1.22 bits per heavy atom. The Labute approximate surface area is 133 Å². The molecule has 1 aromatic heterocycles. The van der Waals surface area contributed by atoms with E-state index in [1.807, 2.05) is 31.2 Å². The van der Waals surface area contributed by atoms with Gasteiger partial charge in [0.2, 0.25) is 0 Å². The maximum absolute atomic E-state index is 13.6. The molecular weight excluding hydrogens is 293 g/mol. The zero-order valence-electron chi connectivity index (χ0n) is 12.5. The lowest BCUT2D eigenvalue weighted by atomic mass is 10.1. The maximum Gasteiger partial charge on any atom is 0.124 e. The van der Waals surface area contributed by atoms with Crippen LogP contribution >= 0.6 is 0 Å². The molecule has 0 fully saturated rings. The van der Waals surface area contributed by atoms with E-state index in [1.165, 1.54) is 18.3 Å². The molecule has 0 saturated heterocycles. The second kappa shape index (κ2) is 6.32. The van der Waals surface area contributed by atoms with Gasteiger partial charge in [-0.1, -0.05) is 0 Å². The van der Waals surface area contributed by atoms with Crippen molar-refractivity contribution in [2.24, 2.45) is 0 Å². The van der Waals surface area contributed by atoms with Crippen LogP contribution in [0.3, 0.4) is 0 Å². The molecular formula is C18H14FN3O. The third kappa shape index (κ3) is 3.06. The van der Waals surface area contributed by atoms with Gasteiger partial charge in [0.1, 0.15) is 17.6 Å². The zero-order chi connectivity index (χ0) is 16.2. The fourth-order valence-electron chi connectivity index (χ4n) is 2.33. The number of benzene rings is 2. The Morgan fingerprint density at radius 3 is 2.70 bits per heavy atom. The van der Waals surface area contributed by atoms with E-state index in [9.17, 15) is 9.65 Å². The first kappa shape index (κ1) is 14.8. The molecule has 114 valence electrons. The molecule has 0 amide bonds. The van der Waals surface area contributed by atoms with Crippen molar-refractivity contribution in [1.82, 2.24) is 4.98 Å². The molecule has 0 aliphatic heterocycles. The Morgan fingerprint density at radius 2 is 2.00 bits per heavy atom. The van der Waals surface area contributed by atoms with Crippen LogP contribution in [0, 0.1) is 17.1 Å². The number of hydrogen-bond acceptors (Lipinski definition) is 4. The third-order valence-electron chi connectivity index (χ3n) is 3.39. The molecule has 0 saturated carbocycles. The topological polar surface area (TPSA) is 57.9 Å². The van der Waals surface area contributed by atoms with Crippen LogP contribution in [0.25, 0.3) is 10.9 Å². The molecule has 1 heterocycles. The van der Waals surface area contributed by atoms with E-state index in [4.69, 9.17) is 4.74 Å². The SMILES string of the molecule is CCOc1ccc(Nc2c(C#N)cnc3ccc(F)cc23)cc1. The fourth-order valence-corrected chi connectivity index (χ4v) is 2.33. The average Bonchev–Trinajstić information content (AvgIpc) is 2.57. The highest BCUT2D eigenvalue weighted by atomic mass is 19.1. The molecule has 23 heavy (non-hydrogen) atoms. The molecule has 1 N–H and O–H groups in total. The number of pyridine rings is 1. The average molecular weight is 307 g/mol. The summed E-state index contributed by atoms with van der Waals surface area (Å²) in [6.45, 7) is 2.52. The van der Waals surface area contributed by atoms with Gasteiger partial charge in [0.15, 0.2) is 0 Å². The van der Waals surface area contributed by atoms with E-state index < -0.39 is 0 Å². The first-order valence-corrected chi connectivity index (χ1v) is 7.19. The van der Waals surface area contributed by atoms with E-state index in [1.54, 1.807) is 6.07 Å². The van der Waals surface area contributed by atoms with Gasteiger partial charge in [-0.05, 0) is 49.4 Å². The molecule has 0 unspecified atom stereocenters. The molecule has 0 spiro atoms. The van der Waals surface area contributed by atoms with E-state index in [-0.39, 0.29) is 5.82 Å². The van der Waals surface area contributed by atoms with Gasteiger partial charge in [-0.25, -0.2) is 4.39 Å². The minimum absolute atomic E-state index is 0.358. The van der Waals surface area contributed by atoms with Crippen molar-refractivity contribution in [2.75, 3.05) is 11.9 Å². The molecule has 4 nitrogen and oxygen atoms in total. The van der Waals surface area contributed by atoms with Crippen molar-refractivity contribution in [2.45, 2.75) is 6.92 Å². The van der Waals surface area contributed by atoms with Crippen molar-refractivity contribution in [1.29, 1.82) is 5.26 Å². The Kier molecular flexibility index (Phi) is 4.07. The van der Waals surface area contributed by atoms with Crippen LogP contribution in [0.1, 0.15) is 12.5 Å². The number of rotatable bonds is 4. The largest absolute Gasteiger partial charge is 0.494 e. The first-order valence-electron chi connectivity index (χ1n) is 7.19. The van der Waals surface area contributed by atoms with E-state index in [0.29, 0.717) is 28.8 Å². The molecule has 0 aliphatic carbocycles. The molecule has 5 heteroatoms. The molecule has 0 aliphatic rings. The number of ether oxygens (including phenoxy) is 1. The standard InChI is InChI=1S/C18H14FN3O/c1-2-23-15-6-4-14(5-7-15)22-18-12(10-20)11-21-17-8-3-13(19)9-16(17)18/h3-9,11H,2H2,1H3,(H,21,22). The lowest BCUT2D eigenvalue weighted by Crippen LogP contribution is -1.97. The maximum atomic E-state index is 13.6. The lowest BCUT2D eigenvalue weighted by Gasteiger charge is -2.12. The van der Waals surface area contributed by atoms with E-state index in [2.05, 4.69) is 16.4 Å². The van der Waals surface area contributed by atoms with Gasteiger partial charge in [0.25, 0.3) is 0 Å². The summed E-state index contributed by atoms with van der Waals surface area (Å²) in [6, 6.07) is 13.8. The first-order chi connectivity index (χ1) is 11.2. The Bertz CT molecular complexity index is 885. The van der Waals surface area contributed by atoms with E-state index in [0.717, 1.165) is 11.4 Å². The number of halogens is 1. The van der Waals surface area contributed by atoms with Gasteiger partial charge < -0.3 is 10.1 Å². The van der Waals surface area contributed by atoms with Crippen molar-refractivity contribution >= 4 is 22.3 Å². The van der Waals surface area contributed by atoms with Crippen LogP contribution in [0.5, 0.6) is 5.75 Å². The number of hydrogen-bond donors (Lipinski definition) is 1.